The van der Waals surface area contributed by atoms with Crippen molar-refractivity contribution in [2.45, 2.75) is 69.2 Å². The molecule has 20 heavy (non-hydrogen) atoms. The SMILES string of the molecule is CCC[C@@]1(O)C=C[C@@H]2OC(C)(C)O[C@@H]3C=CC[C@@]1(O)[C@H]23. The minimum absolute atomic E-state index is 0.226. The average Bonchev–Trinajstić information content (AvgIpc) is 2.33. The molecule has 4 heteroatoms. The van der Waals surface area contributed by atoms with Gasteiger partial charge in [0.05, 0.1) is 18.1 Å². The van der Waals surface area contributed by atoms with Gasteiger partial charge in [0.1, 0.15) is 11.2 Å². The van der Waals surface area contributed by atoms with E-state index in [1.54, 1.807) is 6.08 Å². The quantitative estimate of drug-likeness (QED) is 0.759. The van der Waals surface area contributed by atoms with E-state index in [0.717, 1.165) is 6.42 Å². The minimum atomic E-state index is -1.22. The molecule has 0 spiro atoms. The van der Waals surface area contributed by atoms with Crippen molar-refractivity contribution >= 4 is 0 Å². The second-order valence-corrected chi connectivity index (χ2v) is 6.68. The highest BCUT2D eigenvalue weighted by molar-refractivity contribution is 5.29. The van der Waals surface area contributed by atoms with Crippen LogP contribution in [0.5, 0.6) is 0 Å². The lowest BCUT2D eigenvalue weighted by Crippen LogP contribution is -2.69. The van der Waals surface area contributed by atoms with Gasteiger partial charge in [0.15, 0.2) is 5.79 Å². The van der Waals surface area contributed by atoms with Crippen LogP contribution in [0.2, 0.25) is 0 Å². The third-order valence-electron chi connectivity index (χ3n) is 4.80. The molecule has 3 rings (SSSR count). The molecular weight excluding hydrogens is 256 g/mol. The van der Waals surface area contributed by atoms with Gasteiger partial charge >= 0.3 is 0 Å². The molecule has 0 aromatic rings. The van der Waals surface area contributed by atoms with Gasteiger partial charge in [-0.2, -0.15) is 0 Å². The van der Waals surface area contributed by atoms with Crippen LogP contribution in [0.3, 0.4) is 0 Å². The van der Waals surface area contributed by atoms with Gasteiger partial charge in [0.2, 0.25) is 0 Å². The first-order valence-electron chi connectivity index (χ1n) is 7.48. The van der Waals surface area contributed by atoms with Gasteiger partial charge in [-0.15, -0.1) is 0 Å². The molecule has 0 amide bonds. The summed E-state index contributed by atoms with van der Waals surface area (Å²) in [5.74, 6) is -0.944. The van der Waals surface area contributed by atoms with E-state index in [0.29, 0.717) is 12.8 Å². The number of hydrogen-bond donors (Lipinski definition) is 2. The highest BCUT2D eigenvalue weighted by atomic mass is 16.7. The molecule has 1 aliphatic heterocycles. The summed E-state index contributed by atoms with van der Waals surface area (Å²) in [7, 11) is 0. The van der Waals surface area contributed by atoms with Crippen LogP contribution in [0, 0.1) is 5.92 Å². The van der Waals surface area contributed by atoms with E-state index >= 15 is 0 Å². The first-order chi connectivity index (χ1) is 9.31. The van der Waals surface area contributed by atoms with E-state index in [1.807, 2.05) is 39.0 Å². The van der Waals surface area contributed by atoms with Crippen molar-refractivity contribution in [3.05, 3.63) is 24.3 Å². The van der Waals surface area contributed by atoms with E-state index < -0.39 is 17.0 Å². The van der Waals surface area contributed by atoms with Gasteiger partial charge < -0.3 is 19.7 Å². The molecule has 1 heterocycles. The Labute approximate surface area is 120 Å². The molecule has 5 atom stereocenters. The molecule has 0 unspecified atom stereocenters. The van der Waals surface area contributed by atoms with Crippen LogP contribution in [-0.2, 0) is 9.47 Å². The maximum absolute atomic E-state index is 11.2. The summed E-state index contributed by atoms with van der Waals surface area (Å²) < 4.78 is 11.9. The fourth-order valence-electron chi connectivity index (χ4n) is 3.94. The normalized spacial score (nSPS) is 49.0. The molecule has 0 saturated carbocycles. The number of hydrogen-bond acceptors (Lipinski definition) is 4. The summed E-state index contributed by atoms with van der Waals surface area (Å²) in [6.07, 6.45) is 8.85. The van der Waals surface area contributed by atoms with Gasteiger partial charge in [-0.1, -0.05) is 37.6 Å². The van der Waals surface area contributed by atoms with E-state index in [2.05, 4.69) is 0 Å². The Kier molecular flexibility index (Phi) is 3.14. The van der Waals surface area contributed by atoms with Crippen molar-refractivity contribution in [2.24, 2.45) is 5.92 Å². The van der Waals surface area contributed by atoms with E-state index in [-0.39, 0.29) is 18.1 Å². The van der Waals surface area contributed by atoms with Crippen LogP contribution in [-0.4, -0.2) is 39.4 Å². The second-order valence-electron chi connectivity index (χ2n) is 6.68. The van der Waals surface area contributed by atoms with E-state index in [1.165, 1.54) is 0 Å². The fourth-order valence-corrected chi connectivity index (χ4v) is 3.94. The van der Waals surface area contributed by atoms with Gasteiger partial charge in [-0.3, -0.25) is 0 Å². The van der Waals surface area contributed by atoms with Crippen LogP contribution in [0.4, 0.5) is 0 Å². The molecule has 0 radical (unpaired) electrons. The maximum atomic E-state index is 11.2. The van der Waals surface area contributed by atoms with Crippen molar-refractivity contribution in [3.8, 4) is 0 Å². The van der Waals surface area contributed by atoms with Gasteiger partial charge in [-0.25, -0.2) is 0 Å². The minimum Gasteiger partial charge on any atom is -0.386 e. The Morgan fingerprint density at radius 1 is 1.15 bits per heavy atom. The van der Waals surface area contributed by atoms with Crippen LogP contribution in [0.25, 0.3) is 0 Å². The predicted octanol–water partition coefficient (Wildman–Crippen LogP) is 1.91. The Bertz CT molecular complexity index is 455. The Balaban J connectivity index is 2.05. The topological polar surface area (TPSA) is 58.9 Å². The summed E-state index contributed by atoms with van der Waals surface area (Å²) in [5.41, 5.74) is -2.43. The summed E-state index contributed by atoms with van der Waals surface area (Å²) in [5, 5.41) is 22.1. The van der Waals surface area contributed by atoms with E-state index in [4.69, 9.17) is 9.47 Å². The van der Waals surface area contributed by atoms with Crippen molar-refractivity contribution < 1.29 is 19.7 Å². The molecular formula is C16H24O4. The van der Waals surface area contributed by atoms with Crippen LogP contribution in [0.1, 0.15) is 40.0 Å². The van der Waals surface area contributed by atoms with Crippen LogP contribution < -0.4 is 0 Å². The molecule has 0 bridgehead atoms. The Morgan fingerprint density at radius 3 is 2.45 bits per heavy atom. The smallest absolute Gasteiger partial charge is 0.164 e. The first kappa shape index (κ1) is 14.3. The standard InChI is InChI=1S/C16H24O4/c1-4-8-15(17)10-7-12-13-11(19-14(2,3)20-12)6-5-9-16(13,15)18/h5-7,10-13,17-18H,4,8-9H2,1-3H3/t11-,12+,13+,15-,16-/m1/s1. The molecule has 1 fully saturated rings. The third-order valence-corrected chi connectivity index (χ3v) is 4.80. The van der Waals surface area contributed by atoms with Crippen LogP contribution >= 0.6 is 0 Å². The van der Waals surface area contributed by atoms with Crippen molar-refractivity contribution in [2.75, 3.05) is 0 Å². The highest BCUT2D eigenvalue weighted by Gasteiger charge is 2.62. The van der Waals surface area contributed by atoms with Crippen LogP contribution in [0.15, 0.2) is 24.3 Å². The van der Waals surface area contributed by atoms with Crippen molar-refractivity contribution in [1.82, 2.24) is 0 Å². The summed E-state index contributed by atoms with van der Waals surface area (Å²) in [6.45, 7) is 5.77. The lowest BCUT2D eigenvalue weighted by molar-refractivity contribution is -0.340. The maximum Gasteiger partial charge on any atom is 0.164 e. The molecule has 4 nitrogen and oxygen atoms in total. The molecule has 2 aliphatic carbocycles. The van der Waals surface area contributed by atoms with Gasteiger partial charge in [-0.05, 0) is 26.7 Å². The summed E-state index contributed by atoms with van der Waals surface area (Å²) in [4.78, 5) is 0. The van der Waals surface area contributed by atoms with Gasteiger partial charge in [0, 0.05) is 0 Å². The molecule has 2 N–H and O–H groups in total. The third kappa shape index (κ3) is 1.90. The predicted molar refractivity (Wildman–Crippen MR) is 75.0 cm³/mol. The second kappa shape index (κ2) is 4.41. The lowest BCUT2D eigenvalue weighted by Gasteiger charge is -2.58. The van der Waals surface area contributed by atoms with Gasteiger partial charge in [0.25, 0.3) is 0 Å². The largest absolute Gasteiger partial charge is 0.386 e. The zero-order valence-electron chi connectivity index (χ0n) is 12.4. The Hall–Kier alpha value is -0.680. The first-order valence-corrected chi connectivity index (χ1v) is 7.48. The fraction of sp³-hybridized carbons (Fsp3) is 0.750. The number of rotatable bonds is 2. The average molecular weight is 280 g/mol. The molecule has 0 aromatic heterocycles. The van der Waals surface area contributed by atoms with Crippen molar-refractivity contribution in [1.29, 1.82) is 0 Å². The summed E-state index contributed by atoms with van der Waals surface area (Å²) >= 11 is 0. The number of aliphatic hydroxyl groups is 2. The lowest BCUT2D eigenvalue weighted by atomic mass is 9.60. The van der Waals surface area contributed by atoms with Crippen molar-refractivity contribution in [3.63, 3.8) is 0 Å². The Morgan fingerprint density at radius 2 is 1.80 bits per heavy atom. The monoisotopic (exact) mass is 280 g/mol. The van der Waals surface area contributed by atoms with E-state index in [9.17, 15) is 10.2 Å². The molecule has 0 aromatic carbocycles. The molecule has 3 aliphatic rings. The zero-order chi connectivity index (χ0) is 14.6. The zero-order valence-corrected chi connectivity index (χ0v) is 12.4. The number of ether oxygens (including phenoxy) is 2. The highest BCUT2D eigenvalue weighted by Crippen LogP contribution is 2.51. The molecule has 112 valence electrons. The molecule has 1 saturated heterocycles. The summed E-state index contributed by atoms with van der Waals surface area (Å²) in [6, 6.07) is 0.